The van der Waals surface area contributed by atoms with Crippen LogP contribution in [0, 0.1) is 22.9 Å². The topological polar surface area (TPSA) is 136 Å². The van der Waals surface area contributed by atoms with Crippen molar-refractivity contribution in [3.63, 3.8) is 0 Å². The summed E-state index contributed by atoms with van der Waals surface area (Å²) in [6.45, 7) is 0.778. The molecule has 3 aliphatic rings. The molecule has 0 unspecified atom stereocenters. The third-order valence-corrected chi connectivity index (χ3v) is 8.99. The molecular formula is C25H30F3N3O7S. The molecule has 1 saturated carbocycles. The lowest BCUT2D eigenvalue weighted by Gasteiger charge is -2.48. The van der Waals surface area contributed by atoms with Crippen molar-refractivity contribution >= 4 is 16.9 Å². The van der Waals surface area contributed by atoms with Crippen LogP contribution in [0.15, 0.2) is 18.3 Å². The largest absolute Gasteiger partial charge is 0.394 e. The van der Waals surface area contributed by atoms with Crippen molar-refractivity contribution in [2.45, 2.75) is 67.5 Å². The highest BCUT2D eigenvalue weighted by Gasteiger charge is 2.50. The number of nitrogens with zero attached hydrogens (tertiary/aromatic N) is 3. The van der Waals surface area contributed by atoms with Gasteiger partial charge in [0.1, 0.15) is 35.5 Å². The Morgan fingerprint density at radius 1 is 1.21 bits per heavy atom. The Morgan fingerprint density at radius 3 is 2.44 bits per heavy atom. The summed E-state index contributed by atoms with van der Waals surface area (Å²) in [6.07, 6.45) is 0.270. The molecule has 1 aromatic heterocycles. The summed E-state index contributed by atoms with van der Waals surface area (Å²) in [4.78, 5) is 13.1. The molecule has 2 aromatic rings. The maximum absolute atomic E-state index is 13.8. The number of benzene rings is 1. The van der Waals surface area contributed by atoms with E-state index in [1.54, 1.807) is 0 Å². The predicted octanol–water partition coefficient (Wildman–Crippen LogP) is 1.97. The first kappa shape index (κ1) is 28.5. The van der Waals surface area contributed by atoms with Crippen LogP contribution in [0.5, 0.6) is 0 Å². The Morgan fingerprint density at radius 2 is 1.87 bits per heavy atom. The van der Waals surface area contributed by atoms with Gasteiger partial charge in [-0.15, -0.1) is 5.10 Å². The van der Waals surface area contributed by atoms with Gasteiger partial charge in [0.25, 0.3) is 0 Å². The normalized spacial score (nSPS) is 29.8. The standard InChI is InChI=1S/C25H30F3N3O7S/c1-36-22-20(31-9-16(29-30-31)13-6-14(26)19(28)15(27)7-13)21(34)17(10-32)38-23(22)39-18(33)8-25(35)4-2-24(3-5-25)11-37-12-24/h6-7,9,17,20-23,32,34-35H,2-5,8,10-12H2,1H3/t17-,20+,21+,22-,23+/m1/s1. The van der Waals surface area contributed by atoms with Crippen LogP contribution in [0.2, 0.25) is 0 Å². The van der Waals surface area contributed by atoms with Crippen molar-refractivity contribution in [3.8, 4) is 11.3 Å². The van der Waals surface area contributed by atoms with Gasteiger partial charge in [-0.2, -0.15) is 0 Å². The maximum atomic E-state index is 13.8. The first-order valence-corrected chi connectivity index (χ1v) is 13.5. The highest BCUT2D eigenvalue weighted by atomic mass is 32.2. The number of carbonyl (C=O) groups excluding carboxylic acids is 1. The molecule has 1 spiro atoms. The quantitative estimate of drug-likeness (QED) is 0.422. The molecule has 5 rings (SSSR count). The highest BCUT2D eigenvalue weighted by molar-refractivity contribution is 8.14. The monoisotopic (exact) mass is 573 g/mol. The molecule has 2 aliphatic heterocycles. The molecular weight excluding hydrogens is 543 g/mol. The highest BCUT2D eigenvalue weighted by Crippen LogP contribution is 2.47. The number of ether oxygens (including phenoxy) is 3. The third-order valence-electron chi connectivity index (χ3n) is 7.97. The molecule has 3 N–H and O–H groups in total. The van der Waals surface area contributed by atoms with Crippen molar-refractivity contribution in [1.29, 1.82) is 0 Å². The Labute approximate surface area is 226 Å². The van der Waals surface area contributed by atoms with E-state index in [2.05, 4.69) is 10.3 Å². The number of aliphatic hydroxyl groups excluding tert-OH is 2. The lowest BCUT2D eigenvalue weighted by Crippen LogP contribution is -2.56. The zero-order valence-corrected chi connectivity index (χ0v) is 22.0. The van der Waals surface area contributed by atoms with Crippen molar-refractivity contribution in [3.05, 3.63) is 35.8 Å². The molecule has 1 aromatic carbocycles. The van der Waals surface area contributed by atoms with Gasteiger partial charge in [0.2, 0.25) is 0 Å². The summed E-state index contributed by atoms with van der Waals surface area (Å²) < 4.78 is 58.8. The molecule has 1 aliphatic carbocycles. The number of rotatable bonds is 7. The van der Waals surface area contributed by atoms with Crippen molar-refractivity contribution in [2.24, 2.45) is 5.41 Å². The average Bonchev–Trinajstić information content (AvgIpc) is 3.36. The molecule has 2 saturated heterocycles. The predicted molar refractivity (Wildman–Crippen MR) is 131 cm³/mol. The van der Waals surface area contributed by atoms with E-state index in [0.717, 1.165) is 36.7 Å². The number of carbonyl (C=O) groups is 1. The van der Waals surface area contributed by atoms with E-state index < -0.39 is 59.4 Å². The average molecular weight is 574 g/mol. The Kier molecular flexibility index (Phi) is 8.08. The molecule has 10 nitrogen and oxygen atoms in total. The number of aromatic nitrogens is 3. The molecule has 39 heavy (non-hydrogen) atoms. The number of methoxy groups -OCH3 is 1. The zero-order valence-electron chi connectivity index (χ0n) is 21.1. The van der Waals surface area contributed by atoms with Crippen molar-refractivity contribution in [2.75, 3.05) is 26.9 Å². The molecule has 5 atom stereocenters. The van der Waals surface area contributed by atoms with Gasteiger partial charge in [-0.05, 0) is 37.8 Å². The van der Waals surface area contributed by atoms with Crippen LogP contribution in [-0.2, 0) is 19.0 Å². The van der Waals surface area contributed by atoms with Crippen LogP contribution in [0.1, 0.15) is 38.1 Å². The van der Waals surface area contributed by atoms with Gasteiger partial charge in [0.05, 0.1) is 31.6 Å². The molecule has 0 bridgehead atoms. The van der Waals surface area contributed by atoms with Crippen LogP contribution >= 0.6 is 11.8 Å². The fraction of sp³-hybridized carbons (Fsp3) is 0.640. The second-order valence-corrected chi connectivity index (χ2v) is 11.8. The number of hydrogen-bond donors (Lipinski definition) is 3. The van der Waals surface area contributed by atoms with Crippen LogP contribution in [-0.4, -0.2) is 91.7 Å². The van der Waals surface area contributed by atoms with Gasteiger partial charge in [0, 0.05) is 24.5 Å². The number of aliphatic hydroxyl groups is 3. The number of thioether (sulfide) groups is 1. The van der Waals surface area contributed by atoms with E-state index in [-0.39, 0.29) is 28.2 Å². The van der Waals surface area contributed by atoms with Gasteiger partial charge in [-0.1, -0.05) is 17.0 Å². The second-order valence-electron chi connectivity index (χ2n) is 10.6. The summed E-state index contributed by atoms with van der Waals surface area (Å²) in [5.74, 6) is -4.41. The van der Waals surface area contributed by atoms with Crippen LogP contribution in [0.4, 0.5) is 13.2 Å². The number of hydrogen-bond acceptors (Lipinski definition) is 10. The second kappa shape index (κ2) is 11.1. The van der Waals surface area contributed by atoms with Gasteiger partial charge in [0.15, 0.2) is 22.6 Å². The smallest absolute Gasteiger partial charge is 0.194 e. The summed E-state index contributed by atoms with van der Waals surface area (Å²) in [5, 5.41) is 39.4. The fourth-order valence-electron chi connectivity index (χ4n) is 5.51. The third kappa shape index (κ3) is 5.60. The summed E-state index contributed by atoms with van der Waals surface area (Å²) >= 11 is 0.798. The minimum absolute atomic E-state index is 0.00340. The van der Waals surface area contributed by atoms with E-state index in [0.29, 0.717) is 26.1 Å². The van der Waals surface area contributed by atoms with Gasteiger partial charge in [-0.25, -0.2) is 17.9 Å². The Hall–Kier alpha value is -2.07. The van der Waals surface area contributed by atoms with E-state index >= 15 is 0 Å². The van der Waals surface area contributed by atoms with E-state index in [1.165, 1.54) is 18.0 Å². The van der Waals surface area contributed by atoms with Crippen molar-refractivity contribution in [1.82, 2.24) is 15.0 Å². The molecule has 214 valence electrons. The number of halogens is 3. The minimum Gasteiger partial charge on any atom is -0.394 e. The summed E-state index contributed by atoms with van der Waals surface area (Å²) in [6, 6.07) is 0.522. The van der Waals surface area contributed by atoms with E-state index in [4.69, 9.17) is 14.2 Å². The van der Waals surface area contributed by atoms with Crippen LogP contribution in [0.3, 0.4) is 0 Å². The summed E-state index contributed by atoms with van der Waals surface area (Å²) in [7, 11) is 1.35. The van der Waals surface area contributed by atoms with Crippen LogP contribution in [0.25, 0.3) is 11.3 Å². The minimum atomic E-state index is -1.62. The molecule has 3 heterocycles. The van der Waals surface area contributed by atoms with Gasteiger partial charge in [-0.3, -0.25) is 4.79 Å². The first-order valence-electron chi connectivity index (χ1n) is 12.6. The van der Waals surface area contributed by atoms with E-state index in [1.807, 2.05) is 0 Å². The van der Waals surface area contributed by atoms with Gasteiger partial charge < -0.3 is 29.5 Å². The SMILES string of the molecule is CO[C@@H]1[C@@H](n2cc(-c3cc(F)c(F)c(F)c3)nn2)[C@@H](O)[C@@H](CO)O[C@H]1SC(=O)CC1(O)CCC2(CC1)COC2. The van der Waals surface area contributed by atoms with Crippen molar-refractivity contribution < 1.29 is 47.5 Å². The van der Waals surface area contributed by atoms with Gasteiger partial charge >= 0.3 is 0 Å². The Bertz CT molecular complexity index is 1180. The first-order chi connectivity index (χ1) is 18.6. The molecule has 0 radical (unpaired) electrons. The maximum Gasteiger partial charge on any atom is 0.194 e. The molecule has 14 heteroatoms. The molecule has 0 amide bonds. The lowest BCUT2D eigenvalue weighted by atomic mass is 9.67. The fourth-order valence-corrected chi connectivity index (χ4v) is 6.72. The molecule has 3 fully saturated rings. The zero-order chi connectivity index (χ0) is 27.9. The summed E-state index contributed by atoms with van der Waals surface area (Å²) in [5.41, 5.74) is -2.10. The lowest BCUT2D eigenvalue weighted by molar-refractivity contribution is -0.186. The van der Waals surface area contributed by atoms with E-state index in [9.17, 15) is 33.3 Å². The van der Waals surface area contributed by atoms with Crippen LogP contribution < -0.4 is 0 Å². The Balaban J connectivity index is 1.32.